The minimum absolute atomic E-state index is 0.455. The van der Waals surface area contributed by atoms with Gasteiger partial charge in [-0.25, -0.2) is 0 Å². The lowest BCUT2D eigenvalue weighted by molar-refractivity contribution is 0.773. The second kappa shape index (κ2) is 4.09. The summed E-state index contributed by atoms with van der Waals surface area (Å²) in [6.07, 6.45) is 5.63. The zero-order valence-corrected chi connectivity index (χ0v) is 9.56. The molecule has 0 radical (unpaired) electrons. The third kappa shape index (κ3) is 2.09. The van der Waals surface area contributed by atoms with Crippen LogP contribution in [0.3, 0.4) is 0 Å². The van der Waals surface area contributed by atoms with Gasteiger partial charge in [0.05, 0.1) is 17.6 Å². The van der Waals surface area contributed by atoms with Crippen molar-refractivity contribution in [3.63, 3.8) is 0 Å². The number of nitrogens with two attached hydrogens (primary N) is 1. The molecule has 0 fully saturated rings. The second-order valence-electron chi connectivity index (χ2n) is 4.53. The van der Waals surface area contributed by atoms with Crippen LogP contribution in [0.15, 0.2) is 42.7 Å². The lowest BCUT2D eigenvalue weighted by atomic mass is 10.1. The molecule has 0 unspecified atom stereocenters. The molecule has 3 heteroatoms. The molecule has 0 aliphatic heterocycles. The molecule has 17 heavy (non-hydrogen) atoms. The molecule has 3 rings (SSSR count). The van der Waals surface area contributed by atoms with Crippen LogP contribution in [0.1, 0.15) is 11.1 Å². The largest absolute Gasteiger partial charge is 0.397 e. The van der Waals surface area contributed by atoms with Crippen LogP contribution in [0.2, 0.25) is 0 Å². The number of fused-ring (bicyclic) bond motifs is 1. The van der Waals surface area contributed by atoms with E-state index in [2.05, 4.69) is 34.6 Å². The average molecular weight is 225 g/mol. The van der Waals surface area contributed by atoms with E-state index in [0.29, 0.717) is 11.7 Å². The van der Waals surface area contributed by atoms with E-state index in [9.17, 15) is 0 Å². The Morgan fingerprint density at radius 2 is 1.82 bits per heavy atom. The number of benzene rings is 1. The molecule has 0 atom stereocenters. The SMILES string of the molecule is Nc1cncc(NC2Cc3ccccc3C2)c1. The molecule has 0 saturated carbocycles. The monoisotopic (exact) mass is 225 g/mol. The Morgan fingerprint density at radius 3 is 2.47 bits per heavy atom. The number of anilines is 2. The van der Waals surface area contributed by atoms with Crippen molar-refractivity contribution in [3.8, 4) is 0 Å². The minimum atomic E-state index is 0.455. The first-order chi connectivity index (χ1) is 8.31. The zero-order chi connectivity index (χ0) is 11.7. The van der Waals surface area contributed by atoms with Gasteiger partial charge >= 0.3 is 0 Å². The lowest BCUT2D eigenvalue weighted by Crippen LogP contribution is -2.19. The summed E-state index contributed by atoms with van der Waals surface area (Å²) < 4.78 is 0. The van der Waals surface area contributed by atoms with Crippen molar-refractivity contribution in [3.05, 3.63) is 53.9 Å². The summed E-state index contributed by atoms with van der Waals surface area (Å²) in [6, 6.07) is 11.0. The number of pyridine rings is 1. The van der Waals surface area contributed by atoms with Gasteiger partial charge in [0.15, 0.2) is 0 Å². The fourth-order valence-corrected chi connectivity index (χ4v) is 2.43. The number of aromatic nitrogens is 1. The first-order valence-electron chi connectivity index (χ1n) is 5.85. The van der Waals surface area contributed by atoms with Gasteiger partial charge in [-0.2, -0.15) is 0 Å². The van der Waals surface area contributed by atoms with Gasteiger partial charge in [-0.05, 0) is 30.0 Å². The van der Waals surface area contributed by atoms with E-state index >= 15 is 0 Å². The highest BCUT2D eigenvalue weighted by Crippen LogP contribution is 2.24. The maximum Gasteiger partial charge on any atom is 0.0549 e. The van der Waals surface area contributed by atoms with Gasteiger partial charge in [0, 0.05) is 12.2 Å². The third-order valence-electron chi connectivity index (χ3n) is 3.18. The Balaban J connectivity index is 1.74. The Hall–Kier alpha value is -2.03. The van der Waals surface area contributed by atoms with Gasteiger partial charge in [0.25, 0.3) is 0 Å². The van der Waals surface area contributed by atoms with Crippen molar-refractivity contribution in [1.82, 2.24) is 4.98 Å². The fraction of sp³-hybridized carbons (Fsp3) is 0.214. The van der Waals surface area contributed by atoms with Crippen LogP contribution in [0.4, 0.5) is 11.4 Å². The van der Waals surface area contributed by atoms with E-state index in [1.54, 1.807) is 6.20 Å². The molecule has 86 valence electrons. The van der Waals surface area contributed by atoms with E-state index in [4.69, 9.17) is 5.73 Å². The van der Waals surface area contributed by atoms with Gasteiger partial charge in [0.1, 0.15) is 0 Å². The predicted molar refractivity (Wildman–Crippen MR) is 69.9 cm³/mol. The maximum atomic E-state index is 5.71. The summed E-state index contributed by atoms with van der Waals surface area (Å²) in [6.45, 7) is 0. The Bertz CT molecular complexity index is 511. The maximum absolute atomic E-state index is 5.71. The molecule has 1 aromatic heterocycles. The Morgan fingerprint density at radius 1 is 1.12 bits per heavy atom. The number of hydrogen-bond donors (Lipinski definition) is 2. The molecule has 0 spiro atoms. The van der Waals surface area contributed by atoms with Crippen molar-refractivity contribution in [2.75, 3.05) is 11.1 Å². The van der Waals surface area contributed by atoms with E-state index in [1.165, 1.54) is 11.1 Å². The molecular weight excluding hydrogens is 210 g/mol. The topological polar surface area (TPSA) is 50.9 Å². The number of rotatable bonds is 2. The summed E-state index contributed by atoms with van der Waals surface area (Å²) in [4.78, 5) is 4.09. The standard InChI is InChI=1S/C14H15N3/c15-12-7-14(9-16-8-12)17-13-5-10-3-1-2-4-11(10)6-13/h1-4,7-9,13,17H,5-6,15H2. The molecule has 1 aliphatic carbocycles. The van der Waals surface area contributed by atoms with Crippen molar-refractivity contribution < 1.29 is 0 Å². The third-order valence-corrected chi connectivity index (χ3v) is 3.18. The van der Waals surface area contributed by atoms with Crippen LogP contribution in [-0.2, 0) is 12.8 Å². The van der Waals surface area contributed by atoms with Crippen molar-refractivity contribution in [1.29, 1.82) is 0 Å². The van der Waals surface area contributed by atoms with Crippen LogP contribution < -0.4 is 11.1 Å². The highest BCUT2D eigenvalue weighted by atomic mass is 14.9. The lowest BCUT2D eigenvalue weighted by Gasteiger charge is -2.13. The second-order valence-corrected chi connectivity index (χ2v) is 4.53. The first-order valence-corrected chi connectivity index (χ1v) is 5.85. The molecule has 3 N–H and O–H groups in total. The molecule has 0 saturated heterocycles. The molecule has 3 nitrogen and oxygen atoms in total. The molecule has 2 aromatic rings. The quantitative estimate of drug-likeness (QED) is 0.824. The van der Waals surface area contributed by atoms with Crippen LogP contribution in [0.5, 0.6) is 0 Å². The molecular formula is C14H15N3. The average Bonchev–Trinajstić information content (AvgIpc) is 2.71. The van der Waals surface area contributed by atoms with Gasteiger partial charge in [-0.15, -0.1) is 0 Å². The minimum Gasteiger partial charge on any atom is -0.397 e. The van der Waals surface area contributed by atoms with E-state index in [1.807, 2.05) is 12.3 Å². The number of hydrogen-bond acceptors (Lipinski definition) is 3. The summed E-state index contributed by atoms with van der Waals surface area (Å²) in [5.74, 6) is 0. The van der Waals surface area contributed by atoms with Crippen LogP contribution in [0.25, 0.3) is 0 Å². The summed E-state index contributed by atoms with van der Waals surface area (Å²) in [5.41, 5.74) is 10.3. The Labute approximate surface area is 101 Å². The van der Waals surface area contributed by atoms with Crippen molar-refractivity contribution in [2.24, 2.45) is 0 Å². The molecule has 0 amide bonds. The number of nitrogens with one attached hydrogen (secondary N) is 1. The summed E-state index contributed by atoms with van der Waals surface area (Å²) >= 11 is 0. The first kappa shape index (κ1) is 10.1. The van der Waals surface area contributed by atoms with Gasteiger partial charge in [-0.3, -0.25) is 4.98 Å². The molecule has 1 aliphatic rings. The van der Waals surface area contributed by atoms with E-state index in [0.717, 1.165) is 18.5 Å². The van der Waals surface area contributed by atoms with Crippen LogP contribution in [-0.4, -0.2) is 11.0 Å². The summed E-state index contributed by atoms with van der Waals surface area (Å²) in [5, 5.41) is 3.49. The summed E-state index contributed by atoms with van der Waals surface area (Å²) in [7, 11) is 0. The highest BCUT2D eigenvalue weighted by molar-refractivity contribution is 5.52. The smallest absolute Gasteiger partial charge is 0.0549 e. The van der Waals surface area contributed by atoms with E-state index < -0.39 is 0 Å². The zero-order valence-electron chi connectivity index (χ0n) is 9.56. The molecule has 0 bridgehead atoms. The van der Waals surface area contributed by atoms with Crippen molar-refractivity contribution in [2.45, 2.75) is 18.9 Å². The van der Waals surface area contributed by atoms with Gasteiger partial charge in [-0.1, -0.05) is 24.3 Å². The number of nitrogens with zero attached hydrogens (tertiary/aromatic N) is 1. The number of nitrogen functional groups attached to an aromatic ring is 1. The van der Waals surface area contributed by atoms with Gasteiger partial charge in [0.2, 0.25) is 0 Å². The normalized spacial score (nSPS) is 14.6. The predicted octanol–water partition coefficient (Wildman–Crippen LogP) is 2.24. The van der Waals surface area contributed by atoms with Crippen molar-refractivity contribution >= 4 is 11.4 Å². The molecule has 1 heterocycles. The van der Waals surface area contributed by atoms with Crippen LogP contribution >= 0.6 is 0 Å². The molecule has 1 aromatic carbocycles. The van der Waals surface area contributed by atoms with E-state index in [-0.39, 0.29) is 0 Å². The van der Waals surface area contributed by atoms with Gasteiger partial charge < -0.3 is 11.1 Å². The highest BCUT2D eigenvalue weighted by Gasteiger charge is 2.20. The fourth-order valence-electron chi connectivity index (χ4n) is 2.43. The van der Waals surface area contributed by atoms with Crippen LogP contribution in [0, 0.1) is 0 Å². The Kier molecular flexibility index (Phi) is 2.44.